The van der Waals surface area contributed by atoms with E-state index in [1.807, 2.05) is 11.8 Å². The zero-order valence-electron chi connectivity index (χ0n) is 26.3. The third kappa shape index (κ3) is 5.10. The van der Waals surface area contributed by atoms with Crippen LogP contribution in [0.15, 0.2) is 30.5 Å². The predicted octanol–water partition coefficient (Wildman–Crippen LogP) is 6.19. The highest BCUT2D eigenvalue weighted by atomic mass is 19.1. The minimum atomic E-state index is -0.901. The monoisotopic (exact) mass is 627 g/mol. The third-order valence-electron chi connectivity index (χ3n) is 10.7. The second-order valence-electron chi connectivity index (χ2n) is 13.4. The first kappa shape index (κ1) is 30.6. The summed E-state index contributed by atoms with van der Waals surface area (Å²) in [7, 11) is 2.17. The van der Waals surface area contributed by atoms with E-state index in [9.17, 15) is 14.6 Å². The molecule has 0 radical (unpaired) electrons. The number of anilines is 1. The van der Waals surface area contributed by atoms with Gasteiger partial charge in [0.05, 0.1) is 23.2 Å². The number of nitrogens with zero attached hydrogens (tertiary/aromatic N) is 5. The van der Waals surface area contributed by atoms with Gasteiger partial charge in [-0.1, -0.05) is 25.3 Å². The Labute approximate surface area is 267 Å². The molecule has 0 spiro atoms. The molecule has 2 unspecified atom stereocenters. The Hall–Kier alpha value is -4.07. The molecule has 3 atom stereocenters. The molecule has 1 saturated carbocycles. The van der Waals surface area contributed by atoms with E-state index in [1.54, 1.807) is 0 Å². The van der Waals surface area contributed by atoms with E-state index in [-0.39, 0.29) is 44.9 Å². The molecule has 4 aromatic rings. The van der Waals surface area contributed by atoms with Crippen molar-refractivity contribution < 1.29 is 23.7 Å². The summed E-state index contributed by atoms with van der Waals surface area (Å²) >= 11 is 0. The number of hydrogen-bond acceptors (Lipinski definition) is 8. The highest BCUT2D eigenvalue weighted by Gasteiger charge is 2.47. The first-order valence-corrected chi connectivity index (χ1v) is 16.2. The van der Waals surface area contributed by atoms with Crippen molar-refractivity contribution in [2.45, 2.75) is 69.9 Å². The molecule has 2 N–H and O–H groups in total. The summed E-state index contributed by atoms with van der Waals surface area (Å²) in [6.07, 6.45) is 14.6. The normalized spacial score (nSPS) is 25.1. The first-order valence-electron chi connectivity index (χ1n) is 16.2. The summed E-state index contributed by atoms with van der Waals surface area (Å²) < 4.78 is 38.1. The number of aromatic nitrogens is 3. The Morgan fingerprint density at radius 3 is 2.72 bits per heavy atom. The van der Waals surface area contributed by atoms with Crippen LogP contribution in [0.2, 0.25) is 0 Å². The third-order valence-corrected chi connectivity index (χ3v) is 10.7. The molecule has 2 saturated heterocycles. The minimum absolute atomic E-state index is 0.00741. The molecular weight excluding hydrogens is 588 g/mol. The van der Waals surface area contributed by atoms with E-state index in [2.05, 4.69) is 27.8 Å². The molecule has 3 fully saturated rings. The summed E-state index contributed by atoms with van der Waals surface area (Å²) in [5.74, 6) is 1.30. The maximum absolute atomic E-state index is 16.8. The molecular formula is C36H39F2N5O3. The van der Waals surface area contributed by atoms with Gasteiger partial charge < -0.3 is 24.7 Å². The number of piperidine rings is 2. The molecule has 4 heterocycles. The van der Waals surface area contributed by atoms with Crippen molar-refractivity contribution in [2.24, 2.45) is 5.41 Å². The van der Waals surface area contributed by atoms with Crippen LogP contribution >= 0.6 is 0 Å². The average molecular weight is 628 g/mol. The molecule has 3 aliphatic rings. The molecule has 2 aromatic heterocycles. The fraction of sp³-hybridized carbons (Fsp3) is 0.472. The molecule has 0 bridgehead atoms. The molecule has 1 aliphatic carbocycles. The van der Waals surface area contributed by atoms with Crippen molar-refractivity contribution >= 4 is 27.5 Å². The second kappa shape index (κ2) is 11.6. The van der Waals surface area contributed by atoms with E-state index < -0.39 is 17.2 Å². The van der Waals surface area contributed by atoms with Crippen molar-refractivity contribution in [3.05, 3.63) is 47.7 Å². The van der Waals surface area contributed by atoms with Gasteiger partial charge in [0.1, 0.15) is 28.6 Å². The Morgan fingerprint density at radius 1 is 1.11 bits per heavy atom. The highest BCUT2D eigenvalue weighted by molar-refractivity contribution is 6.03. The first-order chi connectivity index (χ1) is 22.1. The molecule has 2 aromatic carbocycles. The number of aromatic hydroxyl groups is 1. The van der Waals surface area contributed by atoms with Gasteiger partial charge in [0.2, 0.25) is 0 Å². The second-order valence-corrected chi connectivity index (χ2v) is 13.4. The zero-order valence-corrected chi connectivity index (χ0v) is 26.3. The van der Waals surface area contributed by atoms with Crippen LogP contribution in [0.4, 0.5) is 14.6 Å². The Kier molecular flexibility index (Phi) is 7.73. The van der Waals surface area contributed by atoms with Gasteiger partial charge >= 0.3 is 6.01 Å². The molecule has 0 amide bonds. The predicted molar refractivity (Wildman–Crippen MR) is 174 cm³/mol. The standard InChI is InChI=1S/C36H39F2N5O3/c1-4-24-27(37)11-10-22-17-23(44)18-25(29(22)24)31-30(38)32-26(19-39-31)33(43-16-8-14-36(45,5-2)20-43)41-34(40-32)46-21-35-12-6-9-28(35)42(3)15-7-13-35/h1,10-11,17-19,28,44-45H,5-9,12-16,20-21H2,2-3H3/t28-,35?,36?/m1/s1. The molecule has 2 aliphatic heterocycles. The van der Waals surface area contributed by atoms with E-state index >= 15 is 4.39 Å². The largest absolute Gasteiger partial charge is 0.508 e. The number of halogens is 2. The summed E-state index contributed by atoms with van der Waals surface area (Å²) in [5.41, 5.74) is -0.944. The number of phenols is 1. The zero-order chi connectivity index (χ0) is 32.2. The SMILES string of the molecule is C#Cc1c(F)ccc2cc(O)cc(-c3ncc4c(N5CCCC(O)(CC)C5)nc(OCC56CCC[C@H]5N(C)CCC6)nc4c3F)c12. The number of likely N-dealkylation sites (tertiary alicyclic amines) is 1. The smallest absolute Gasteiger partial charge is 0.319 e. The Bertz CT molecular complexity index is 1880. The van der Waals surface area contributed by atoms with Crippen LogP contribution in [0, 0.1) is 29.4 Å². The van der Waals surface area contributed by atoms with Crippen molar-refractivity contribution in [3.63, 3.8) is 0 Å². The number of rotatable bonds is 6. The lowest BCUT2D eigenvalue weighted by Gasteiger charge is -2.44. The Balaban J connectivity index is 1.38. The fourth-order valence-corrected chi connectivity index (χ4v) is 8.23. The van der Waals surface area contributed by atoms with Gasteiger partial charge in [-0.15, -0.1) is 6.42 Å². The maximum atomic E-state index is 16.8. The van der Waals surface area contributed by atoms with E-state index in [4.69, 9.17) is 16.1 Å². The number of hydrogen-bond donors (Lipinski definition) is 2. The number of aliphatic hydroxyl groups is 1. The van der Waals surface area contributed by atoms with Crippen LogP contribution in [0.5, 0.6) is 11.8 Å². The summed E-state index contributed by atoms with van der Waals surface area (Å²) in [6, 6.07) is 5.98. The summed E-state index contributed by atoms with van der Waals surface area (Å²) in [5, 5.41) is 22.9. The molecule has 10 heteroatoms. The highest BCUT2D eigenvalue weighted by Crippen LogP contribution is 2.48. The Morgan fingerprint density at radius 2 is 1.91 bits per heavy atom. The molecule has 8 nitrogen and oxygen atoms in total. The van der Waals surface area contributed by atoms with Crippen molar-refractivity contribution in [3.8, 4) is 35.4 Å². The lowest BCUT2D eigenvalue weighted by molar-refractivity contribution is 0.0131. The van der Waals surface area contributed by atoms with Gasteiger partial charge in [0, 0.05) is 41.7 Å². The van der Waals surface area contributed by atoms with Crippen molar-refractivity contribution in [2.75, 3.05) is 38.2 Å². The van der Waals surface area contributed by atoms with E-state index in [0.717, 1.165) is 45.1 Å². The van der Waals surface area contributed by atoms with Crippen LogP contribution in [-0.4, -0.2) is 75.0 Å². The van der Waals surface area contributed by atoms with Crippen LogP contribution in [0.1, 0.15) is 63.9 Å². The van der Waals surface area contributed by atoms with E-state index in [0.29, 0.717) is 55.2 Å². The van der Waals surface area contributed by atoms with Crippen LogP contribution in [-0.2, 0) is 0 Å². The van der Waals surface area contributed by atoms with E-state index in [1.165, 1.54) is 30.5 Å². The number of ether oxygens (including phenoxy) is 1. The number of pyridine rings is 1. The summed E-state index contributed by atoms with van der Waals surface area (Å²) in [6.45, 7) is 4.39. The summed E-state index contributed by atoms with van der Waals surface area (Å²) in [4.78, 5) is 18.3. The van der Waals surface area contributed by atoms with Crippen LogP contribution in [0.3, 0.4) is 0 Å². The van der Waals surface area contributed by atoms with Crippen LogP contribution < -0.4 is 9.64 Å². The molecule has 7 rings (SSSR count). The van der Waals surface area contributed by atoms with Gasteiger partial charge in [-0.2, -0.15) is 9.97 Å². The van der Waals surface area contributed by atoms with Gasteiger partial charge in [0.25, 0.3) is 0 Å². The van der Waals surface area contributed by atoms with Gasteiger partial charge in [-0.3, -0.25) is 4.98 Å². The molecule has 46 heavy (non-hydrogen) atoms. The fourth-order valence-electron chi connectivity index (χ4n) is 8.23. The maximum Gasteiger partial charge on any atom is 0.319 e. The number of terminal acetylenes is 1. The van der Waals surface area contributed by atoms with Gasteiger partial charge in [-0.25, -0.2) is 8.78 Å². The number of fused-ring (bicyclic) bond motifs is 3. The lowest BCUT2D eigenvalue weighted by atomic mass is 9.76. The quantitative estimate of drug-likeness (QED) is 0.244. The average Bonchev–Trinajstić information content (AvgIpc) is 3.49. The lowest BCUT2D eigenvalue weighted by Crippen LogP contribution is -2.50. The topological polar surface area (TPSA) is 94.8 Å². The van der Waals surface area contributed by atoms with Crippen LogP contribution in [0.25, 0.3) is 32.9 Å². The van der Waals surface area contributed by atoms with Crippen molar-refractivity contribution in [1.29, 1.82) is 0 Å². The van der Waals surface area contributed by atoms with Gasteiger partial charge in [0.15, 0.2) is 5.82 Å². The number of benzene rings is 2. The number of β-amino-alcohol motifs (C(OH)–C–C–N with tert-alkyl or cyclic N) is 1. The van der Waals surface area contributed by atoms with Crippen molar-refractivity contribution in [1.82, 2.24) is 19.9 Å². The minimum Gasteiger partial charge on any atom is -0.508 e. The molecule has 240 valence electrons. The number of phenolic OH excluding ortho intramolecular Hbond substituents is 1. The van der Waals surface area contributed by atoms with Gasteiger partial charge in [-0.05, 0) is 82.1 Å².